The maximum Gasteiger partial charge on any atom is 0.252 e. The van der Waals surface area contributed by atoms with Gasteiger partial charge in [-0.25, -0.2) is 4.39 Å². The number of aliphatic hydroxyl groups is 2. The van der Waals surface area contributed by atoms with Crippen LogP contribution in [0.2, 0.25) is 0 Å². The van der Waals surface area contributed by atoms with E-state index < -0.39 is 40.0 Å². The Bertz CT molecular complexity index is 1120. The number of hydrogen-bond acceptors (Lipinski definition) is 4. The minimum absolute atomic E-state index is 0.00635. The molecule has 0 spiro atoms. The van der Waals surface area contributed by atoms with E-state index in [4.69, 9.17) is 0 Å². The zero-order valence-corrected chi connectivity index (χ0v) is 21.5. The quantitative estimate of drug-likeness (QED) is 0.537. The van der Waals surface area contributed by atoms with Crippen LogP contribution >= 0.6 is 0 Å². The van der Waals surface area contributed by atoms with E-state index in [1.54, 1.807) is 13.0 Å². The van der Waals surface area contributed by atoms with Crippen molar-refractivity contribution in [2.24, 2.45) is 28.6 Å². The molecule has 1 aromatic carbocycles. The fourth-order valence-corrected chi connectivity index (χ4v) is 8.30. The number of carbonyl (C=O) groups is 2. The zero-order chi connectivity index (χ0) is 25.9. The lowest BCUT2D eigenvalue weighted by atomic mass is 9.44. The molecule has 8 atom stereocenters. The highest BCUT2D eigenvalue weighted by molar-refractivity contribution is 6.01. The number of allylic oxidation sites excluding steroid dienone is 4. The predicted octanol–water partition coefficient (Wildman–Crippen LogP) is 4.08. The molecule has 0 saturated heterocycles. The van der Waals surface area contributed by atoms with Gasteiger partial charge in [0, 0.05) is 23.3 Å². The molecule has 0 bridgehead atoms. The molecule has 4 aliphatic carbocycles. The summed E-state index contributed by atoms with van der Waals surface area (Å²) in [7, 11) is 0. The first-order chi connectivity index (χ1) is 17.0. The fraction of sp³-hybridized carbons (Fsp3) is 0.600. The first-order valence-electron chi connectivity index (χ1n) is 13.3. The lowest BCUT2D eigenvalue weighted by Crippen LogP contribution is -2.70. The Balaban J connectivity index is 1.38. The smallest absolute Gasteiger partial charge is 0.252 e. The van der Waals surface area contributed by atoms with E-state index >= 15 is 4.39 Å². The standard InChI is InChI=1S/C30H38FNO4/c1-19-16-24-23-12-11-21-17-22(33)13-14-27(21,2)29(23,31)25(34)18-28(24,3)30(19,36)26(35)32-15-7-10-20-8-5-4-6-9-20/h4-6,8-9,13-14,17,19,23-25,34,36H,7,10-12,15-16,18H2,1-3H3,(H,32,35)/t19-,23+,24+,25+,27+,28+,29+,30+/m1/s1. The molecule has 5 rings (SSSR count). The second-order valence-corrected chi connectivity index (χ2v) is 12.0. The molecular formula is C30H38FNO4. The molecule has 3 saturated carbocycles. The molecular weight excluding hydrogens is 457 g/mol. The normalized spacial score (nSPS) is 43.3. The Morgan fingerprint density at radius 2 is 1.92 bits per heavy atom. The highest BCUT2D eigenvalue weighted by atomic mass is 19.1. The Morgan fingerprint density at radius 3 is 2.64 bits per heavy atom. The molecule has 5 nitrogen and oxygen atoms in total. The van der Waals surface area contributed by atoms with Crippen molar-refractivity contribution in [3.05, 3.63) is 59.7 Å². The van der Waals surface area contributed by atoms with E-state index in [0.29, 0.717) is 25.8 Å². The van der Waals surface area contributed by atoms with Crippen molar-refractivity contribution in [3.63, 3.8) is 0 Å². The number of hydrogen-bond donors (Lipinski definition) is 3. The van der Waals surface area contributed by atoms with Gasteiger partial charge in [-0.1, -0.05) is 55.8 Å². The molecule has 1 aromatic rings. The van der Waals surface area contributed by atoms with Crippen molar-refractivity contribution in [2.45, 2.75) is 76.7 Å². The molecule has 3 fully saturated rings. The van der Waals surface area contributed by atoms with Crippen LogP contribution in [0.15, 0.2) is 54.1 Å². The highest BCUT2D eigenvalue weighted by Gasteiger charge is 2.75. The maximum absolute atomic E-state index is 17.2. The number of carbonyl (C=O) groups excluding carboxylic acids is 2. The lowest BCUT2D eigenvalue weighted by Gasteiger charge is -2.62. The highest BCUT2D eigenvalue weighted by Crippen LogP contribution is 2.70. The van der Waals surface area contributed by atoms with Crippen LogP contribution in [0.25, 0.3) is 0 Å². The van der Waals surface area contributed by atoms with Crippen LogP contribution < -0.4 is 5.32 Å². The van der Waals surface area contributed by atoms with Crippen molar-refractivity contribution in [3.8, 4) is 0 Å². The summed E-state index contributed by atoms with van der Waals surface area (Å²) in [5.41, 5.74) is -3.76. The van der Waals surface area contributed by atoms with Gasteiger partial charge in [-0.3, -0.25) is 9.59 Å². The largest absolute Gasteiger partial charge is 0.390 e. The summed E-state index contributed by atoms with van der Waals surface area (Å²) in [4.78, 5) is 25.5. The van der Waals surface area contributed by atoms with E-state index in [0.717, 1.165) is 18.4 Å². The molecule has 0 aliphatic heterocycles. The number of nitrogens with one attached hydrogen (secondary N) is 1. The summed E-state index contributed by atoms with van der Waals surface area (Å²) in [5.74, 6) is -1.71. The summed E-state index contributed by atoms with van der Waals surface area (Å²) in [6.45, 7) is 5.95. The van der Waals surface area contributed by atoms with E-state index in [1.807, 2.05) is 32.0 Å². The number of ketones is 1. The number of fused-ring (bicyclic) bond motifs is 5. The zero-order valence-electron chi connectivity index (χ0n) is 21.5. The van der Waals surface area contributed by atoms with Crippen molar-refractivity contribution in [1.82, 2.24) is 5.32 Å². The Hall–Kier alpha value is -2.31. The van der Waals surface area contributed by atoms with Crippen molar-refractivity contribution in [1.29, 1.82) is 0 Å². The molecule has 0 unspecified atom stereocenters. The Morgan fingerprint density at radius 1 is 1.19 bits per heavy atom. The maximum atomic E-state index is 17.2. The number of amides is 1. The van der Waals surface area contributed by atoms with Gasteiger partial charge in [0.2, 0.25) is 0 Å². The molecule has 0 aromatic heterocycles. The minimum Gasteiger partial charge on any atom is -0.390 e. The number of aryl methyl sites for hydroxylation is 1. The number of aliphatic hydroxyl groups excluding tert-OH is 1. The lowest BCUT2D eigenvalue weighted by molar-refractivity contribution is -0.219. The number of benzene rings is 1. The average Bonchev–Trinajstić information content (AvgIpc) is 3.05. The average molecular weight is 496 g/mol. The van der Waals surface area contributed by atoms with E-state index in [1.165, 1.54) is 17.7 Å². The van der Waals surface area contributed by atoms with Gasteiger partial charge < -0.3 is 15.5 Å². The van der Waals surface area contributed by atoms with Crippen LogP contribution in [0.3, 0.4) is 0 Å². The second-order valence-electron chi connectivity index (χ2n) is 12.0. The number of halogens is 1. The third-order valence-corrected chi connectivity index (χ3v) is 10.3. The Kier molecular flexibility index (Phi) is 6.07. The topological polar surface area (TPSA) is 86.6 Å². The van der Waals surface area contributed by atoms with Crippen LogP contribution in [0.4, 0.5) is 4.39 Å². The summed E-state index contributed by atoms with van der Waals surface area (Å²) >= 11 is 0. The third kappa shape index (κ3) is 3.33. The van der Waals surface area contributed by atoms with Crippen LogP contribution in [0.1, 0.15) is 58.4 Å². The van der Waals surface area contributed by atoms with Gasteiger partial charge in [-0.05, 0) is 75.0 Å². The Labute approximate surface area is 212 Å². The molecule has 4 aliphatic rings. The molecule has 194 valence electrons. The van der Waals surface area contributed by atoms with Gasteiger partial charge in [-0.2, -0.15) is 0 Å². The van der Waals surface area contributed by atoms with Crippen molar-refractivity contribution < 1.29 is 24.2 Å². The molecule has 36 heavy (non-hydrogen) atoms. The monoisotopic (exact) mass is 495 g/mol. The van der Waals surface area contributed by atoms with E-state index in [2.05, 4.69) is 17.4 Å². The summed E-state index contributed by atoms with van der Waals surface area (Å²) in [6, 6.07) is 10.0. The summed E-state index contributed by atoms with van der Waals surface area (Å²) < 4.78 is 17.2. The van der Waals surface area contributed by atoms with Gasteiger partial charge in [0.1, 0.15) is 0 Å². The van der Waals surface area contributed by atoms with Gasteiger partial charge in [0.05, 0.1) is 6.10 Å². The van der Waals surface area contributed by atoms with Gasteiger partial charge in [-0.15, -0.1) is 0 Å². The molecule has 0 radical (unpaired) electrons. The second kappa shape index (κ2) is 8.63. The van der Waals surface area contributed by atoms with E-state index in [-0.39, 0.29) is 24.0 Å². The predicted molar refractivity (Wildman–Crippen MR) is 136 cm³/mol. The first-order valence-corrected chi connectivity index (χ1v) is 13.3. The van der Waals surface area contributed by atoms with E-state index in [9.17, 15) is 19.8 Å². The molecule has 0 heterocycles. The fourth-order valence-electron chi connectivity index (χ4n) is 8.30. The van der Waals surface area contributed by atoms with Crippen LogP contribution in [-0.4, -0.2) is 45.8 Å². The van der Waals surface area contributed by atoms with Crippen molar-refractivity contribution in [2.75, 3.05) is 6.54 Å². The van der Waals surface area contributed by atoms with Crippen LogP contribution in [-0.2, 0) is 16.0 Å². The first kappa shape index (κ1) is 25.3. The van der Waals surface area contributed by atoms with Gasteiger partial charge >= 0.3 is 0 Å². The van der Waals surface area contributed by atoms with Crippen molar-refractivity contribution >= 4 is 11.7 Å². The van der Waals surface area contributed by atoms with Crippen LogP contribution in [0.5, 0.6) is 0 Å². The number of rotatable bonds is 5. The minimum atomic E-state index is -1.96. The number of alkyl halides is 1. The van der Waals surface area contributed by atoms with Crippen LogP contribution in [0, 0.1) is 28.6 Å². The SMILES string of the molecule is C[C@@H]1C[C@H]2[C@@H]3CCC4=CC(=O)C=C[C@]4(C)[C@@]3(F)[C@@H](O)C[C@]2(C)[C@@]1(O)C(=O)NCCCc1ccccc1. The molecule has 6 heteroatoms. The summed E-state index contributed by atoms with van der Waals surface area (Å²) in [5, 5.41) is 26.4. The third-order valence-electron chi connectivity index (χ3n) is 10.3. The molecule has 1 amide bonds. The van der Waals surface area contributed by atoms with Gasteiger partial charge in [0.25, 0.3) is 5.91 Å². The molecule has 3 N–H and O–H groups in total. The summed E-state index contributed by atoms with van der Waals surface area (Å²) in [6.07, 6.45) is 6.34. The van der Waals surface area contributed by atoms with Gasteiger partial charge in [0.15, 0.2) is 17.1 Å².